The molecule has 1 aromatic rings. The summed E-state index contributed by atoms with van der Waals surface area (Å²) in [6.45, 7) is 5.73. The third-order valence-corrected chi connectivity index (χ3v) is 7.22. The summed E-state index contributed by atoms with van der Waals surface area (Å²) in [5, 5.41) is 9.85. The Hall–Kier alpha value is -0.590. The van der Waals surface area contributed by atoms with Crippen molar-refractivity contribution in [3.05, 3.63) is 26.6 Å². The fourth-order valence-electron chi connectivity index (χ4n) is 4.42. The number of nitrogens with zero attached hydrogens (tertiary/aromatic N) is 2. The van der Waals surface area contributed by atoms with Crippen molar-refractivity contribution in [1.29, 1.82) is 0 Å². The molecule has 1 aromatic carbocycles. The Labute approximate surface area is 179 Å². The van der Waals surface area contributed by atoms with Gasteiger partial charge in [0.15, 0.2) is 0 Å². The van der Waals surface area contributed by atoms with Crippen molar-refractivity contribution in [3.8, 4) is 5.75 Å². The molecule has 1 N–H and O–H groups in total. The van der Waals surface area contributed by atoms with E-state index in [1.165, 1.54) is 38.5 Å². The minimum Gasteiger partial charge on any atom is -0.506 e. The van der Waals surface area contributed by atoms with E-state index in [4.69, 9.17) is 0 Å². The van der Waals surface area contributed by atoms with Crippen molar-refractivity contribution in [1.82, 2.24) is 9.80 Å². The van der Waals surface area contributed by atoms with Crippen LogP contribution in [0.1, 0.15) is 51.0 Å². The topological polar surface area (TPSA) is 43.8 Å². The molecule has 1 atom stereocenters. The number of carbonyl (C=O) groups is 1. The van der Waals surface area contributed by atoms with Gasteiger partial charge in [0.2, 0.25) is 5.91 Å². The molecule has 1 heterocycles. The molecule has 0 spiro atoms. The lowest BCUT2D eigenvalue weighted by Gasteiger charge is -2.40. The Morgan fingerprint density at radius 2 is 1.63 bits per heavy atom. The normalized spacial score (nSPS) is 21.1. The Balaban J connectivity index is 1.52. The van der Waals surface area contributed by atoms with E-state index in [0.717, 1.165) is 37.8 Å². The molecule has 1 amide bonds. The number of aromatic hydroxyl groups is 1. The Morgan fingerprint density at radius 3 is 2.19 bits per heavy atom. The van der Waals surface area contributed by atoms with Crippen LogP contribution in [0.3, 0.4) is 0 Å². The molecule has 1 saturated heterocycles. The molecule has 6 heteroatoms. The summed E-state index contributed by atoms with van der Waals surface area (Å²) >= 11 is 6.74. The van der Waals surface area contributed by atoms with E-state index in [2.05, 4.69) is 36.8 Å². The highest BCUT2D eigenvalue weighted by atomic mass is 79.9. The second kappa shape index (κ2) is 9.75. The number of benzene rings is 1. The third kappa shape index (κ3) is 5.48. The number of piperazine rings is 1. The van der Waals surface area contributed by atoms with E-state index in [1.54, 1.807) is 0 Å². The first-order chi connectivity index (χ1) is 13.0. The number of rotatable bonds is 4. The van der Waals surface area contributed by atoms with Gasteiger partial charge in [0.1, 0.15) is 5.75 Å². The van der Waals surface area contributed by atoms with Gasteiger partial charge < -0.3 is 10.0 Å². The van der Waals surface area contributed by atoms with Crippen molar-refractivity contribution in [3.63, 3.8) is 0 Å². The van der Waals surface area contributed by atoms with Gasteiger partial charge in [-0.2, -0.15) is 0 Å². The maximum atomic E-state index is 12.9. The Kier molecular flexibility index (Phi) is 7.63. The van der Waals surface area contributed by atoms with Crippen molar-refractivity contribution in [2.24, 2.45) is 5.92 Å². The smallest absolute Gasteiger partial charge is 0.225 e. The standard InChI is InChI=1S/C21H30Br2N2O2/c1-15(12-16-13-18(22)20(26)19(23)14-16)21(27)25-10-8-24(9-11-25)17-6-4-2-3-5-7-17/h13-15,17,26H,2-12H2,1H3/t15-/m1/s1. The minimum absolute atomic E-state index is 0.0576. The summed E-state index contributed by atoms with van der Waals surface area (Å²) in [6, 6.07) is 4.52. The number of hydrogen-bond acceptors (Lipinski definition) is 3. The lowest BCUT2D eigenvalue weighted by atomic mass is 9.99. The molecule has 1 aliphatic carbocycles. The minimum atomic E-state index is -0.0576. The van der Waals surface area contributed by atoms with E-state index in [0.29, 0.717) is 15.4 Å². The molecule has 4 nitrogen and oxygen atoms in total. The SMILES string of the molecule is C[C@H](Cc1cc(Br)c(O)c(Br)c1)C(=O)N1CCN(C2CCCCCC2)CC1. The molecule has 2 fully saturated rings. The van der Waals surface area contributed by atoms with Gasteiger partial charge in [0, 0.05) is 38.1 Å². The van der Waals surface area contributed by atoms with E-state index in [9.17, 15) is 9.90 Å². The van der Waals surface area contributed by atoms with Crippen molar-refractivity contribution < 1.29 is 9.90 Å². The summed E-state index contributed by atoms with van der Waals surface area (Å²) in [5.74, 6) is 0.390. The summed E-state index contributed by atoms with van der Waals surface area (Å²) in [6.07, 6.45) is 8.83. The van der Waals surface area contributed by atoms with Gasteiger partial charge in [-0.25, -0.2) is 0 Å². The molecule has 0 bridgehead atoms. The molecule has 0 radical (unpaired) electrons. The number of halogens is 2. The van der Waals surface area contributed by atoms with Crippen LogP contribution in [0.15, 0.2) is 21.1 Å². The Morgan fingerprint density at radius 1 is 1.07 bits per heavy atom. The zero-order valence-electron chi connectivity index (χ0n) is 16.1. The van der Waals surface area contributed by atoms with Crippen LogP contribution in [0.25, 0.3) is 0 Å². The van der Waals surface area contributed by atoms with Gasteiger partial charge >= 0.3 is 0 Å². The largest absolute Gasteiger partial charge is 0.506 e. The van der Waals surface area contributed by atoms with Crippen LogP contribution < -0.4 is 0 Å². The average Bonchev–Trinajstić information content (AvgIpc) is 2.95. The summed E-state index contributed by atoms with van der Waals surface area (Å²) in [5.41, 5.74) is 1.05. The van der Waals surface area contributed by atoms with Crippen LogP contribution in [0.4, 0.5) is 0 Å². The first-order valence-corrected chi connectivity index (χ1v) is 11.7. The van der Waals surface area contributed by atoms with Crippen LogP contribution in [0, 0.1) is 5.92 Å². The summed E-state index contributed by atoms with van der Waals surface area (Å²) in [4.78, 5) is 17.6. The molecule has 0 unspecified atom stereocenters. The summed E-state index contributed by atoms with van der Waals surface area (Å²) < 4.78 is 1.31. The number of amides is 1. The van der Waals surface area contributed by atoms with E-state index >= 15 is 0 Å². The lowest BCUT2D eigenvalue weighted by Crippen LogP contribution is -2.53. The summed E-state index contributed by atoms with van der Waals surface area (Å²) in [7, 11) is 0. The number of phenols is 1. The fraction of sp³-hybridized carbons (Fsp3) is 0.667. The van der Waals surface area contributed by atoms with Crippen LogP contribution >= 0.6 is 31.9 Å². The third-order valence-electron chi connectivity index (χ3n) is 6.01. The maximum Gasteiger partial charge on any atom is 0.225 e. The molecule has 0 aromatic heterocycles. The van der Waals surface area contributed by atoms with Crippen LogP contribution in [-0.2, 0) is 11.2 Å². The van der Waals surface area contributed by atoms with E-state index < -0.39 is 0 Å². The number of carbonyl (C=O) groups excluding carboxylic acids is 1. The highest BCUT2D eigenvalue weighted by molar-refractivity contribution is 9.11. The second-order valence-corrected chi connectivity index (χ2v) is 9.73. The second-order valence-electron chi connectivity index (χ2n) is 8.02. The molecule has 1 saturated carbocycles. The monoisotopic (exact) mass is 500 g/mol. The van der Waals surface area contributed by atoms with Crippen LogP contribution in [0.2, 0.25) is 0 Å². The highest BCUT2D eigenvalue weighted by Crippen LogP contribution is 2.34. The van der Waals surface area contributed by atoms with Crippen LogP contribution in [0.5, 0.6) is 5.75 Å². The number of hydrogen-bond donors (Lipinski definition) is 1. The fourth-order valence-corrected chi connectivity index (χ4v) is 5.70. The molecular weight excluding hydrogens is 472 g/mol. The first kappa shape index (κ1) is 21.1. The van der Waals surface area contributed by atoms with Gasteiger partial charge in [0.05, 0.1) is 8.95 Å². The van der Waals surface area contributed by atoms with Gasteiger partial charge in [-0.15, -0.1) is 0 Å². The van der Waals surface area contributed by atoms with Gasteiger partial charge in [0.25, 0.3) is 0 Å². The molecule has 2 aliphatic rings. The van der Waals surface area contributed by atoms with Gasteiger partial charge in [-0.1, -0.05) is 32.6 Å². The molecule has 27 heavy (non-hydrogen) atoms. The van der Waals surface area contributed by atoms with E-state index in [1.807, 2.05) is 24.0 Å². The number of phenolic OH excluding ortho intramolecular Hbond substituents is 1. The van der Waals surface area contributed by atoms with Crippen molar-refractivity contribution >= 4 is 37.8 Å². The molecule has 1 aliphatic heterocycles. The van der Waals surface area contributed by atoms with Gasteiger partial charge in [-0.3, -0.25) is 9.69 Å². The van der Waals surface area contributed by atoms with Crippen molar-refractivity contribution in [2.45, 2.75) is 57.9 Å². The maximum absolute atomic E-state index is 12.9. The predicted octanol–water partition coefficient (Wildman–Crippen LogP) is 4.96. The quantitative estimate of drug-likeness (QED) is 0.592. The zero-order chi connectivity index (χ0) is 19.4. The predicted molar refractivity (Wildman–Crippen MR) is 116 cm³/mol. The van der Waals surface area contributed by atoms with Crippen LogP contribution in [-0.4, -0.2) is 53.0 Å². The average molecular weight is 502 g/mol. The molecule has 3 rings (SSSR count). The first-order valence-electron chi connectivity index (χ1n) is 10.2. The lowest BCUT2D eigenvalue weighted by molar-refractivity contribution is -0.137. The zero-order valence-corrected chi connectivity index (χ0v) is 19.3. The van der Waals surface area contributed by atoms with Gasteiger partial charge in [-0.05, 0) is 68.8 Å². The highest BCUT2D eigenvalue weighted by Gasteiger charge is 2.28. The molecule has 150 valence electrons. The molecular formula is C21H30Br2N2O2. The van der Waals surface area contributed by atoms with Crippen molar-refractivity contribution in [2.75, 3.05) is 26.2 Å². The Bertz CT molecular complexity index is 629. The van der Waals surface area contributed by atoms with E-state index in [-0.39, 0.29) is 17.6 Å².